The Hall–Kier alpha value is -0.110. The fourth-order valence-electron chi connectivity index (χ4n) is 2.87. The van der Waals surface area contributed by atoms with Crippen LogP contribution in [0, 0.1) is 0 Å². The summed E-state index contributed by atoms with van der Waals surface area (Å²) in [5, 5.41) is 2.88. The van der Waals surface area contributed by atoms with Crippen LogP contribution in [-0.4, -0.2) is 74.9 Å². The molecular weight excluding hydrogens is 523 g/mol. The zero-order chi connectivity index (χ0) is 23.7. The van der Waals surface area contributed by atoms with Gasteiger partial charge in [0, 0.05) is 13.1 Å². The molecule has 3 spiro atoms. The largest absolute Gasteiger partial charge is 0.347 e. The number of hydrogen-bond acceptors (Lipinski definition) is 9. The van der Waals surface area contributed by atoms with Crippen molar-refractivity contribution in [3.8, 4) is 0 Å². The fraction of sp³-hybridized carbons (Fsp3) is 1.00. The third-order valence-electron chi connectivity index (χ3n) is 4.89. The first-order valence-electron chi connectivity index (χ1n) is 9.05. The van der Waals surface area contributed by atoms with Gasteiger partial charge in [0.15, 0.2) is 0 Å². The molecule has 0 aromatic carbocycles. The lowest BCUT2D eigenvalue weighted by atomic mass is 10.2. The maximum atomic E-state index is 13.9. The standard InChI is InChI=1S/C12H18F8N5O4P3/c1-25-4-2-3-21-30(25)22-31(26-5-9(13,14)10(15,16)6-27-31)24-32(23-30)28-7-11(17,18)12(19,20)8-29-32/h21H,2-8H2,1H3. The molecule has 3 fully saturated rings. The number of hydrogen-bond donors (Lipinski definition) is 1. The number of nitrogens with one attached hydrogen (secondary N) is 1. The number of nitrogens with zero attached hydrogens (tertiary/aromatic N) is 4. The van der Waals surface area contributed by atoms with E-state index in [2.05, 4.69) is 18.6 Å². The third kappa shape index (κ3) is 4.11. The second-order valence-corrected chi connectivity index (χ2v) is 14.6. The van der Waals surface area contributed by atoms with E-state index in [1.54, 1.807) is 0 Å². The van der Waals surface area contributed by atoms with E-state index in [4.69, 9.17) is 18.1 Å². The molecule has 0 bridgehead atoms. The van der Waals surface area contributed by atoms with Gasteiger partial charge >= 0.3 is 39.0 Å². The van der Waals surface area contributed by atoms with Crippen molar-refractivity contribution in [2.75, 3.05) is 46.6 Å². The van der Waals surface area contributed by atoms with Gasteiger partial charge < -0.3 is 0 Å². The fourth-order valence-corrected chi connectivity index (χ4v) is 13.8. The Morgan fingerprint density at radius 3 is 1.50 bits per heavy atom. The highest BCUT2D eigenvalue weighted by Crippen LogP contribution is 2.81. The number of alkyl halides is 8. The Labute approximate surface area is 176 Å². The molecule has 0 radical (unpaired) electrons. The van der Waals surface area contributed by atoms with Gasteiger partial charge in [0.1, 0.15) is 26.4 Å². The van der Waals surface area contributed by atoms with Crippen molar-refractivity contribution in [3.63, 3.8) is 0 Å². The average molecular weight is 541 g/mol. The molecule has 1 N–H and O–H groups in total. The van der Waals surface area contributed by atoms with Crippen LogP contribution in [0.5, 0.6) is 0 Å². The first-order chi connectivity index (χ1) is 14.6. The van der Waals surface area contributed by atoms with E-state index in [9.17, 15) is 35.1 Å². The van der Waals surface area contributed by atoms with Crippen LogP contribution in [0.25, 0.3) is 0 Å². The number of rotatable bonds is 0. The molecular formula is C12H18F8N5O4P3. The summed E-state index contributed by atoms with van der Waals surface area (Å²) in [7, 11) is -10.9. The molecule has 0 aliphatic carbocycles. The first-order valence-corrected chi connectivity index (χ1v) is 13.8. The number of halogens is 8. The predicted molar refractivity (Wildman–Crippen MR) is 96.9 cm³/mol. The zero-order valence-corrected chi connectivity index (χ0v) is 18.9. The van der Waals surface area contributed by atoms with E-state index >= 15 is 0 Å². The van der Waals surface area contributed by atoms with Gasteiger partial charge in [-0.2, -0.15) is 44.2 Å². The van der Waals surface area contributed by atoms with Crippen molar-refractivity contribution < 1.29 is 53.2 Å². The zero-order valence-electron chi connectivity index (χ0n) is 16.2. The van der Waals surface area contributed by atoms with Crippen molar-refractivity contribution in [1.29, 1.82) is 0 Å². The first kappa shape index (κ1) is 25.0. The highest BCUT2D eigenvalue weighted by molar-refractivity contribution is 7.80. The molecule has 1 atom stereocenters. The monoisotopic (exact) mass is 541 g/mol. The van der Waals surface area contributed by atoms with E-state index < -0.39 is 72.9 Å². The van der Waals surface area contributed by atoms with Crippen molar-refractivity contribution in [2.45, 2.75) is 30.1 Å². The van der Waals surface area contributed by atoms with Gasteiger partial charge in [-0.25, -0.2) is 4.67 Å². The quantitative estimate of drug-likeness (QED) is 0.327. The van der Waals surface area contributed by atoms with Gasteiger partial charge in [0.2, 0.25) is 7.51 Å². The van der Waals surface area contributed by atoms with Crippen molar-refractivity contribution in [3.05, 3.63) is 0 Å². The summed E-state index contributed by atoms with van der Waals surface area (Å²) in [5.41, 5.74) is 0. The Morgan fingerprint density at radius 1 is 0.688 bits per heavy atom. The molecule has 0 saturated carbocycles. The molecule has 4 aliphatic rings. The molecule has 4 rings (SSSR count). The third-order valence-corrected chi connectivity index (χ3v) is 14.2. The molecule has 0 amide bonds. The predicted octanol–water partition coefficient (Wildman–Crippen LogP) is 5.40. The summed E-state index contributed by atoms with van der Waals surface area (Å²) in [4.78, 5) is 0. The van der Waals surface area contributed by atoms with Gasteiger partial charge in [-0.1, -0.05) is 0 Å². The normalized spacial score (nSPS) is 37.0. The summed E-state index contributed by atoms with van der Waals surface area (Å²) >= 11 is 0. The molecule has 4 heterocycles. The maximum Gasteiger partial charge on any atom is 0.347 e. The van der Waals surface area contributed by atoms with Crippen LogP contribution in [0.2, 0.25) is 0 Å². The van der Waals surface area contributed by atoms with E-state index in [1.807, 2.05) is 0 Å². The van der Waals surface area contributed by atoms with Crippen LogP contribution in [-0.2, 0) is 18.1 Å². The van der Waals surface area contributed by atoms with Gasteiger partial charge in [-0.3, -0.25) is 23.2 Å². The summed E-state index contributed by atoms with van der Waals surface area (Å²) < 4.78 is 144. The Morgan fingerprint density at radius 2 is 1.09 bits per heavy atom. The van der Waals surface area contributed by atoms with Gasteiger partial charge in [0.25, 0.3) is 0 Å². The molecule has 32 heavy (non-hydrogen) atoms. The van der Waals surface area contributed by atoms with E-state index in [0.717, 1.165) is 0 Å². The highest BCUT2D eigenvalue weighted by atomic mass is 31.3. The molecule has 9 nitrogen and oxygen atoms in total. The summed E-state index contributed by atoms with van der Waals surface area (Å²) in [6, 6.07) is 0. The van der Waals surface area contributed by atoms with Crippen molar-refractivity contribution in [2.24, 2.45) is 13.5 Å². The Kier molecular flexibility index (Phi) is 6.01. The van der Waals surface area contributed by atoms with Crippen LogP contribution in [0.15, 0.2) is 13.5 Å². The van der Waals surface area contributed by atoms with Crippen LogP contribution in [0.3, 0.4) is 0 Å². The molecule has 186 valence electrons. The maximum absolute atomic E-state index is 13.9. The minimum absolute atomic E-state index is 0.254. The summed E-state index contributed by atoms with van der Waals surface area (Å²) in [6.07, 6.45) is 0.563. The van der Waals surface area contributed by atoms with Gasteiger partial charge in [-0.05, 0) is 13.5 Å². The van der Waals surface area contributed by atoms with Gasteiger partial charge in [0.05, 0.1) is 0 Å². The summed E-state index contributed by atoms with van der Waals surface area (Å²) in [6.45, 7) is -6.89. The second-order valence-electron chi connectivity index (χ2n) is 7.37. The molecule has 0 aromatic heterocycles. The van der Waals surface area contributed by atoms with Crippen LogP contribution in [0.4, 0.5) is 35.1 Å². The highest BCUT2D eigenvalue weighted by Gasteiger charge is 2.63. The molecule has 3 saturated heterocycles. The van der Waals surface area contributed by atoms with Crippen LogP contribution < -0.4 is 5.09 Å². The molecule has 1 unspecified atom stereocenters. The van der Waals surface area contributed by atoms with Crippen LogP contribution >= 0.6 is 22.8 Å². The van der Waals surface area contributed by atoms with E-state index in [-0.39, 0.29) is 6.54 Å². The minimum atomic E-state index is -4.66. The Bertz CT molecular complexity index is 879. The topological polar surface area (TPSA) is 89.3 Å². The molecule has 20 heteroatoms. The van der Waals surface area contributed by atoms with Crippen molar-refractivity contribution >= 4 is 22.8 Å². The van der Waals surface area contributed by atoms with Gasteiger partial charge in [-0.15, -0.1) is 4.52 Å². The lowest BCUT2D eigenvalue weighted by Crippen LogP contribution is -2.45. The lowest BCUT2D eigenvalue weighted by Gasteiger charge is -2.39. The van der Waals surface area contributed by atoms with E-state index in [0.29, 0.717) is 13.0 Å². The Balaban J connectivity index is 1.89. The van der Waals surface area contributed by atoms with E-state index in [1.165, 1.54) is 11.7 Å². The second kappa shape index (κ2) is 7.69. The minimum Gasteiger partial charge on any atom is -0.300 e. The molecule has 4 aliphatic heterocycles. The van der Waals surface area contributed by atoms with Crippen LogP contribution in [0.1, 0.15) is 6.42 Å². The van der Waals surface area contributed by atoms with Crippen molar-refractivity contribution in [1.82, 2.24) is 9.76 Å². The average Bonchev–Trinajstić information content (AvgIpc) is 2.83. The SMILES string of the molecule is CN1CCCNP12=NP1(=NP3(=N2)OCC(F)(F)C(F)(F)CO3)OCC(F)(F)C(F)(F)CO1. The summed E-state index contributed by atoms with van der Waals surface area (Å²) in [5.74, 6) is -18.6. The molecule has 0 aromatic rings. The smallest absolute Gasteiger partial charge is 0.300 e. The lowest BCUT2D eigenvalue weighted by molar-refractivity contribution is -0.222.